The lowest BCUT2D eigenvalue weighted by molar-refractivity contribution is 0.857. The zero-order valence-corrected chi connectivity index (χ0v) is 26.2. The van der Waals surface area contributed by atoms with Crippen LogP contribution in [0.15, 0.2) is 191 Å². The molecular formula is C44H32N4. The van der Waals surface area contributed by atoms with Crippen LogP contribution < -0.4 is 16.0 Å². The third-order valence-electron chi connectivity index (χ3n) is 9.33. The van der Waals surface area contributed by atoms with Gasteiger partial charge in [-0.1, -0.05) is 133 Å². The minimum absolute atomic E-state index is 0.0578. The van der Waals surface area contributed by atoms with Crippen molar-refractivity contribution >= 4 is 33.7 Å². The van der Waals surface area contributed by atoms with Crippen LogP contribution in [0.25, 0.3) is 22.3 Å². The van der Waals surface area contributed by atoms with Gasteiger partial charge in [0.2, 0.25) is 0 Å². The quantitative estimate of drug-likeness (QED) is 0.221. The zero-order valence-electron chi connectivity index (χ0n) is 26.2. The number of H-pyrrole nitrogens is 1. The second kappa shape index (κ2) is 11.8. The molecule has 4 aliphatic heterocycles. The molecule has 5 aromatic rings. The van der Waals surface area contributed by atoms with Gasteiger partial charge < -0.3 is 10.3 Å². The Morgan fingerprint density at radius 3 is 1.71 bits per heavy atom. The molecule has 48 heavy (non-hydrogen) atoms. The molecule has 4 aromatic carbocycles. The minimum atomic E-state index is -0.192. The summed E-state index contributed by atoms with van der Waals surface area (Å²) in [6.45, 7) is 0. The van der Waals surface area contributed by atoms with Gasteiger partial charge in [-0.15, -0.1) is 0 Å². The first-order chi connectivity index (χ1) is 23.8. The number of fused-ring (bicyclic) bond motifs is 6. The molecule has 0 radical (unpaired) electrons. The Bertz CT molecular complexity index is 2380. The Morgan fingerprint density at radius 2 is 1.04 bits per heavy atom. The van der Waals surface area contributed by atoms with Gasteiger partial charge in [0, 0.05) is 38.7 Å². The molecule has 1 aromatic heterocycles. The van der Waals surface area contributed by atoms with Crippen LogP contribution in [-0.2, 0) is 0 Å². The predicted octanol–water partition coefficient (Wildman–Crippen LogP) is 7.17. The van der Waals surface area contributed by atoms with E-state index in [0.717, 1.165) is 72.5 Å². The molecule has 2 atom stereocenters. The molecule has 4 nitrogen and oxygen atoms in total. The van der Waals surface area contributed by atoms with Gasteiger partial charge in [-0.05, 0) is 58.7 Å². The molecule has 2 unspecified atom stereocenters. The lowest BCUT2D eigenvalue weighted by Gasteiger charge is -2.19. The van der Waals surface area contributed by atoms with E-state index in [1.54, 1.807) is 0 Å². The molecule has 0 spiro atoms. The summed E-state index contributed by atoms with van der Waals surface area (Å²) in [6, 6.07) is 46.5. The van der Waals surface area contributed by atoms with Crippen molar-refractivity contribution < 1.29 is 0 Å². The fourth-order valence-corrected chi connectivity index (χ4v) is 7.16. The highest BCUT2D eigenvalue weighted by Crippen LogP contribution is 2.35. The molecule has 0 amide bonds. The van der Waals surface area contributed by atoms with E-state index in [1.165, 1.54) is 5.57 Å². The molecular weight excluding hydrogens is 585 g/mol. The summed E-state index contributed by atoms with van der Waals surface area (Å²) in [5.74, 6) is 0. The predicted molar refractivity (Wildman–Crippen MR) is 198 cm³/mol. The molecule has 9 rings (SSSR count). The van der Waals surface area contributed by atoms with E-state index in [0.29, 0.717) is 0 Å². The average Bonchev–Trinajstić information content (AvgIpc) is 3.98. The largest absolute Gasteiger partial charge is 0.374 e. The summed E-state index contributed by atoms with van der Waals surface area (Å²) in [4.78, 5) is 14.6. The van der Waals surface area contributed by atoms with Crippen LogP contribution >= 0.6 is 0 Å². The highest BCUT2D eigenvalue weighted by Gasteiger charge is 2.28. The van der Waals surface area contributed by atoms with Crippen LogP contribution in [0.4, 0.5) is 0 Å². The van der Waals surface area contributed by atoms with Gasteiger partial charge in [0.05, 0.1) is 29.2 Å². The van der Waals surface area contributed by atoms with E-state index >= 15 is 0 Å². The lowest BCUT2D eigenvalue weighted by Crippen LogP contribution is -2.30. The third-order valence-corrected chi connectivity index (χ3v) is 9.33. The van der Waals surface area contributed by atoms with Gasteiger partial charge >= 0.3 is 0 Å². The molecule has 2 N–H and O–H groups in total. The molecule has 4 aliphatic rings. The van der Waals surface area contributed by atoms with Gasteiger partial charge in [-0.2, -0.15) is 0 Å². The Morgan fingerprint density at radius 1 is 0.458 bits per heavy atom. The molecule has 5 heterocycles. The Hall–Kier alpha value is -6.26. The smallest absolute Gasteiger partial charge is 0.0968 e. The van der Waals surface area contributed by atoms with Crippen molar-refractivity contribution in [2.45, 2.75) is 12.1 Å². The second-order valence-corrected chi connectivity index (χ2v) is 12.3. The van der Waals surface area contributed by atoms with Crippen molar-refractivity contribution in [3.63, 3.8) is 0 Å². The standard InChI is InChI=1S/C44H32N4/c1-5-13-29(14-6-1)41-33-21-23-35(45-33)42(30-15-7-2-8-16-30)37-25-27-39(47-37)44(32-19-11-4-12-20-32)40-28-26-38(48-40)43(31-17-9-3-10-18-31)36-24-22-34(41)46-36/h1-28,33,39,45-46H/b41-34-,42-35-,43-36-,44-40-. The van der Waals surface area contributed by atoms with Gasteiger partial charge in [0.1, 0.15) is 0 Å². The molecule has 4 heteroatoms. The van der Waals surface area contributed by atoms with E-state index in [2.05, 4.69) is 180 Å². The van der Waals surface area contributed by atoms with Gasteiger partial charge in [0.15, 0.2) is 0 Å². The normalized spacial score (nSPS) is 24.8. The summed E-state index contributed by atoms with van der Waals surface area (Å²) >= 11 is 0. The number of aromatic amines is 1. The van der Waals surface area contributed by atoms with Crippen LogP contribution in [0.3, 0.4) is 0 Å². The van der Waals surface area contributed by atoms with Gasteiger partial charge in [0.25, 0.3) is 0 Å². The number of hydrogen-bond acceptors (Lipinski definition) is 3. The van der Waals surface area contributed by atoms with E-state index in [4.69, 9.17) is 9.98 Å². The van der Waals surface area contributed by atoms with Gasteiger partial charge in [-0.3, -0.25) is 4.99 Å². The maximum atomic E-state index is 5.43. The van der Waals surface area contributed by atoms with Gasteiger partial charge in [-0.25, -0.2) is 4.99 Å². The van der Waals surface area contributed by atoms with E-state index in [-0.39, 0.29) is 12.1 Å². The van der Waals surface area contributed by atoms with Crippen molar-refractivity contribution in [1.29, 1.82) is 0 Å². The zero-order chi connectivity index (χ0) is 31.9. The van der Waals surface area contributed by atoms with Crippen molar-refractivity contribution in [2.24, 2.45) is 9.98 Å². The summed E-state index contributed by atoms with van der Waals surface area (Å²) in [5.41, 5.74) is 12.8. The Labute approximate surface area is 279 Å². The highest BCUT2D eigenvalue weighted by atomic mass is 15.0. The summed E-state index contributed by atoms with van der Waals surface area (Å²) in [6.07, 6.45) is 13.2. The topological polar surface area (TPSA) is 52.5 Å². The first kappa shape index (κ1) is 28.0. The number of hydrogen-bond donors (Lipinski definition) is 2. The van der Waals surface area contributed by atoms with E-state index in [9.17, 15) is 0 Å². The molecule has 0 aliphatic carbocycles. The molecule has 0 fully saturated rings. The molecule has 0 saturated heterocycles. The first-order valence-electron chi connectivity index (χ1n) is 16.4. The summed E-state index contributed by atoms with van der Waals surface area (Å²) < 4.78 is 0. The average molecular weight is 617 g/mol. The molecule has 8 bridgehead atoms. The summed E-state index contributed by atoms with van der Waals surface area (Å²) in [5, 5.41) is 5.99. The monoisotopic (exact) mass is 616 g/mol. The molecule has 228 valence electrons. The maximum Gasteiger partial charge on any atom is 0.0968 e. The van der Waals surface area contributed by atoms with Crippen molar-refractivity contribution in [2.75, 3.05) is 0 Å². The van der Waals surface area contributed by atoms with E-state index in [1.807, 2.05) is 0 Å². The number of aromatic nitrogens is 1. The van der Waals surface area contributed by atoms with Crippen molar-refractivity contribution in [1.82, 2.24) is 10.3 Å². The number of nitrogens with one attached hydrogen (secondary N) is 2. The second-order valence-electron chi connectivity index (χ2n) is 12.3. The van der Waals surface area contributed by atoms with Crippen molar-refractivity contribution in [3.05, 3.63) is 214 Å². The fraction of sp³-hybridized carbons (Fsp3) is 0.0455. The first-order valence-corrected chi connectivity index (χ1v) is 16.4. The van der Waals surface area contributed by atoms with Crippen molar-refractivity contribution in [3.8, 4) is 0 Å². The maximum absolute atomic E-state index is 5.43. The Balaban J connectivity index is 1.37. The highest BCUT2D eigenvalue weighted by molar-refractivity contribution is 6.32. The number of allylic oxidation sites excluding steroid dienone is 5. The Kier molecular flexibility index (Phi) is 6.90. The van der Waals surface area contributed by atoms with Crippen LogP contribution in [0.5, 0.6) is 0 Å². The number of benzene rings is 4. The van der Waals surface area contributed by atoms with Crippen LogP contribution in [0.2, 0.25) is 0 Å². The number of rotatable bonds is 4. The number of nitrogens with zero attached hydrogens (tertiary/aromatic N) is 2. The van der Waals surface area contributed by atoms with Crippen LogP contribution in [0, 0.1) is 0 Å². The van der Waals surface area contributed by atoms with Crippen LogP contribution in [0.1, 0.15) is 22.3 Å². The van der Waals surface area contributed by atoms with E-state index < -0.39 is 0 Å². The fourth-order valence-electron chi connectivity index (χ4n) is 7.16. The third kappa shape index (κ3) is 4.95. The SMILES string of the molecule is C1=CC2N=C1/C(c1ccccc1)=C1/C=CC(N1)/C(c1ccccc1)=c1/cc/c([nH]1)=C(\c1ccccc1)C1=N/C(=C\2c2ccccc2)C=C1. The number of aliphatic imine (C=N–C) groups is 2. The molecule has 0 saturated carbocycles. The summed E-state index contributed by atoms with van der Waals surface area (Å²) in [7, 11) is 0. The van der Waals surface area contributed by atoms with Crippen LogP contribution in [-0.4, -0.2) is 28.5 Å². The minimum Gasteiger partial charge on any atom is -0.374 e. The lowest BCUT2D eigenvalue weighted by atomic mass is 9.97.